The fraction of sp³-hybridized carbons (Fsp3) is 0.143. The van der Waals surface area contributed by atoms with Gasteiger partial charge in [-0.3, -0.25) is 14.5 Å². The number of amides is 1. The van der Waals surface area contributed by atoms with Gasteiger partial charge in [0.2, 0.25) is 6.10 Å². The molecule has 1 saturated heterocycles. The third-order valence-electron chi connectivity index (χ3n) is 5.43. The molecule has 0 bridgehead atoms. The molecule has 194 valence electrons. The lowest BCUT2D eigenvalue weighted by molar-refractivity contribution is -0.149. The average molecular weight is 550 g/mol. The maximum Gasteiger partial charge on any atom is 0.351 e. The quantitative estimate of drug-likeness (QED) is 0.216. The predicted octanol–water partition coefficient (Wildman–Crippen LogP) is 4.84. The summed E-state index contributed by atoms with van der Waals surface area (Å²) < 4.78 is 17.3. The molecule has 1 amide bonds. The number of carboxylic acids is 1. The van der Waals surface area contributed by atoms with Crippen LogP contribution in [0.15, 0.2) is 83.8 Å². The molecule has 1 N–H and O–H groups in total. The second kappa shape index (κ2) is 12.4. The minimum absolute atomic E-state index is 0.165. The Morgan fingerprint density at radius 2 is 1.71 bits per heavy atom. The van der Waals surface area contributed by atoms with Crippen molar-refractivity contribution in [2.75, 3.05) is 13.7 Å². The molecule has 1 aliphatic heterocycles. The van der Waals surface area contributed by atoms with E-state index in [1.54, 1.807) is 48.5 Å². The van der Waals surface area contributed by atoms with Crippen molar-refractivity contribution in [1.82, 2.24) is 4.90 Å². The lowest BCUT2D eigenvalue weighted by atomic mass is 10.1. The van der Waals surface area contributed by atoms with Gasteiger partial charge in [-0.1, -0.05) is 90.7 Å². The molecule has 0 radical (unpaired) electrons. The summed E-state index contributed by atoms with van der Waals surface area (Å²) in [6.07, 6.45) is 0.522. The number of thioether (sulfide) groups is 1. The summed E-state index contributed by atoms with van der Waals surface area (Å²) >= 11 is 6.19. The lowest BCUT2D eigenvalue weighted by Gasteiger charge is -2.20. The topological polar surface area (TPSA) is 102 Å². The number of methoxy groups -OCH3 is 1. The normalized spacial score (nSPS) is 14.9. The molecule has 0 saturated carbocycles. The van der Waals surface area contributed by atoms with Crippen LogP contribution in [0, 0.1) is 0 Å². The molecular weight excluding hydrogens is 526 g/mol. The first-order valence-electron chi connectivity index (χ1n) is 11.4. The van der Waals surface area contributed by atoms with E-state index in [4.69, 9.17) is 31.5 Å². The number of benzene rings is 3. The van der Waals surface area contributed by atoms with Crippen LogP contribution in [0.1, 0.15) is 22.8 Å². The van der Waals surface area contributed by atoms with Crippen molar-refractivity contribution in [2.24, 2.45) is 0 Å². The fourth-order valence-electron chi connectivity index (χ4n) is 3.60. The summed E-state index contributed by atoms with van der Waals surface area (Å²) in [6, 6.07) is 23.5. The van der Waals surface area contributed by atoms with Crippen molar-refractivity contribution in [1.29, 1.82) is 0 Å². The highest BCUT2D eigenvalue weighted by Gasteiger charge is 2.33. The van der Waals surface area contributed by atoms with E-state index in [2.05, 4.69) is 0 Å². The Labute approximate surface area is 228 Å². The molecule has 3 aromatic carbocycles. The Morgan fingerprint density at radius 3 is 2.37 bits per heavy atom. The summed E-state index contributed by atoms with van der Waals surface area (Å²) in [5.74, 6) is -1.60. The highest BCUT2D eigenvalue weighted by molar-refractivity contribution is 8.26. The minimum atomic E-state index is -1.16. The van der Waals surface area contributed by atoms with Crippen LogP contribution in [-0.2, 0) is 25.7 Å². The zero-order valence-electron chi connectivity index (χ0n) is 20.2. The van der Waals surface area contributed by atoms with Gasteiger partial charge in [0.05, 0.1) is 12.0 Å². The van der Waals surface area contributed by atoms with Crippen molar-refractivity contribution in [3.05, 3.63) is 100 Å². The van der Waals surface area contributed by atoms with Crippen LogP contribution < -0.4 is 9.47 Å². The van der Waals surface area contributed by atoms with Gasteiger partial charge in [0, 0.05) is 5.56 Å². The molecule has 1 aliphatic rings. The van der Waals surface area contributed by atoms with Crippen molar-refractivity contribution >= 4 is 52.2 Å². The molecule has 4 rings (SSSR count). The molecule has 0 aliphatic carbocycles. The van der Waals surface area contributed by atoms with E-state index >= 15 is 0 Å². The van der Waals surface area contributed by atoms with E-state index in [9.17, 15) is 14.4 Å². The Balaban J connectivity index is 1.68. The number of esters is 1. The van der Waals surface area contributed by atoms with Crippen molar-refractivity contribution in [3.63, 3.8) is 0 Å². The molecule has 1 fully saturated rings. The molecule has 8 nitrogen and oxygen atoms in total. The molecule has 38 heavy (non-hydrogen) atoms. The number of rotatable bonds is 10. The van der Waals surface area contributed by atoms with E-state index in [-0.39, 0.29) is 21.6 Å². The first-order chi connectivity index (χ1) is 18.4. The van der Waals surface area contributed by atoms with Crippen LogP contribution in [0.5, 0.6) is 11.5 Å². The first kappa shape index (κ1) is 26.9. The number of ether oxygens (including phenoxy) is 3. The Morgan fingerprint density at radius 1 is 1.03 bits per heavy atom. The third-order valence-corrected chi connectivity index (χ3v) is 6.81. The Bertz CT molecular complexity index is 1380. The van der Waals surface area contributed by atoms with Gasteiger partial charge < -0.3 is 19.3 Å². The molecule has 10 heteroatoms. The van der Waals surface area contributed by atoms with Crippen LogP contribution in [0.3, 0.4) is 0 Å². The van der Waals surface area contributed by atoms with Crippen molar-refractivity contribution in [3.8, 4) is 11.5 Å². The Kier molecular flexibility index (Phi) is 8.77. The third kappa shape index (κ3) is 6.58. The van der Waals surface area contributed by atoms with Crippen LogP contribution in [0.2, 0.25) is 0 Å². The van der Waals surface area contributed by atoms with Gasteiger partial charge in [-0.2, -0.15) is 0 Å². The number of carbonyl (C=O) groups is 3. The fourth-order valence-corrected chi connectivity index (χ4v) is 4.85. The van der Waals surface area contributed by atoms with E-state index in [1.165, 1.54) is 7.11 Å². The van der Waals surface area contributed by atoms with Crippen LogP contribution >= 0.6 is 24.0 Å². The van der Waals surface area contributed by atoms with Gasteiger partial charge in [0.25, 0.3) is 5.91 Å². The summed E-state index contributed by atoms with van der Waals surface area (Å²) in [5, 5.41) is 9.08. The molecule has 1 heterocycles. The zero-order chi connectivity index (χ0) is 27.1. The van der Waals surface area contributed by atoms with Crippen molar-refractivity contribution < 1.29 is 33.7 Å². The molecule has 0 aromatic heterocycles. The number of carbonyl (C=O) groups excluding carboxylic acids is 2. The van der Waals surface area contributed by atoms with Gasteiger partial charge in [-0.25, -0.2) is 4.79 Å². The second-order valence-corrected chi connectivity index (χ2v) is 9.75. The molecule has 0 spiro atoms. The lowest BCUT2D eigenvalue weighted by Crippen LogP contribution is -2.33. The maximum atomic E-state index is 12.7. The van der Waals surface area contributed by atoms with Crippen molar-refractivity contribution in [2.45, 2.75) is 12.7 Å². The predicted molar refractivity (Wildman–Crippen MR) is 147 cm³/mol. The number of thiocarbonyl (C=S) groups is 1. The first-order valence-corrected chi connectivity index (χ1v) is 12.7. The highest BCUT2D eigenvalue weighted by Crippen LogP contribution is 2.37. The summed E-state index contributed by atoms with van der Waals surface area (Å²) in [4.78, 5) is 37.8. The van der Waals surface area contributed by atoms with Crippen LogP contribution in [0.25, 0.3) is 6.08 Å². The smallest absolute Gasteiger partial charge is 0.351 e. The van der Waals surface area contributed by atoms with Gasteiger partial charge in [-0.15, -0.1) is 0 Å². The number of carboxylic acid groups (broad SMARTS) is 1. The summed E-state index contributed by atoms with van der Waals surface area (Å²) in [6.45, 7) is -0.251. The Hall–Kier alpha value is -4.15. The van der Waals surface area contributed by atoms with Gasteiger partial charge in [-0.05, 0) is 29.3 Å². The van der Waals surface area contributed by atoms with Crippen LogP contribution in [-0.4, -0.2) is 45.8 Å². The van der Waals surface area contributed by atoms with Gasteiger partial charge in [0.15, 0.2) is 11.5 Å². The standard InChI is InChI=1S/C28H23NO7S2/c1-34-27(33)25(20-10-6-3-7-11-20)36-22-14-19(12-13-21(22)35-17-18-8-4-2-5-9-18)15-23-26(32)29(16-24(30)31)28(37)38-23/h2-15,25H,16-17H2,1H3,(H,30,31)/b23-15-. The number of nitrogens with zero attached hydrogens (tertiary/aromatic N) is 1. The number of aliphatic carboxylic acids is 1. The summed E-state index contributed by atoms with van der Waals surface area (Å²) in [5.41, 5.74) is 2.10. The average Bonchev–Trinajstić information content (AvgIpc) is 3.18. The minimum Gasteiger partial charge on any atom is -0.485 e. The highest BCUT2D eigenvalue weighted by atomic mass is 32.2. The maximum absolute atomic E-state index is 12.7. The second-order valence-electron chi connectivity index (χ2n) is 8.07. The zero-order valence-corrected chi connectivity index (χ0v) is 21.9. The van der Waals surface area contributed by atoms with Gasteiger partial charge in [0.1, 0.15) is 17.5 Å². The molecular formula is C28H23NO7S2. The van der Waals surface area contributed by atoms with E-state index < -0.39 is 30.5 Å². The largest absolute Gasteiger partial charge is 0.485 e. The van der Waals surface area contributed by atoms with Crippen LogP contribution in [0.4, 0.5) is 0 Å². The van der Waals surface area contributed by atoms with E-state index in [1.807, 2.05) is 36.4 Å². The monoisotopic (exact) mass is 549 g/mol. The molecule has 1 unspecified atom stereocenters. The number of hydrogen-bond acceptors (Lipinski definition) is 8. The molecule has 3 aromatic rings. The molecule has 1 atom stereocenters. The van der Waals surface area contributed by atoms with E-state index in [0.717, 1.165) is 22.2 Å². The SMILES string of the molecule is COC(=O)C(Oc1cc(/C=C2\SC(=S)N(CC(=O)O)C2=O)ccc1OCc1ccccc1)c1ccccc1. The number of hydrogen-bond donors (Lipinski definition) is 1. The van der Waals surface area contributed by atoms with E-state index in [0.29, 0.717) is 16.9 Å². The summed E-state index contributed by atoms with van der Waals surface area (Å²) in [7, 11) is 1.28. The van der Waals surface area contributed by atoms with Gasteiger partial charge >= 0.3 is 11.9 Å².